The van der Waals surface area contributed by atoms with Gasteiger partial charge in [-0.05, 0) is 53.4 Å². The third-order valence-corrected chi connectivity index (χ3v) is 4.92. The van der Waals surface area contributed by atoms with Crippen molar-refractivity contribution in [2.24, 2.45) is 0 Å². The van der Waals surface area contributed by atoms with Gasteiger partial charge in [0.25, 0.3) is 5.91 Å². The molecule has 0 unspecified atom stereocenters. The van der Waals surface area contributed by atoms with Crippen molar-refractivity contribution in [2.75, 3.05) is 5.32 Å². The van der Waals surface area contributed by atoms with Crippen molar-refractivity contribution < 1.29 is 9.21 Å². The number of rotatable bonds is 5. The number of nitrogens with one attached hydrogen (secondary N) is 1. The van der Waals surface area contributed by atoms with Gasteiger partial charge in [-0.15, -0.1) is 0 Å². The highest BCUT2D eigenvalue weighted by Gasteiger charge is 2.15. The number of hydrogen-bond acceptors (Lipinski definition) is 3. The fourth-order valence-electron chi connectivity index (χ4n) is 3.36. The van der Waals surface area contributed by atoms with E-state index in [1.54, 1.807) is 12.1 Å². The van der Waals surface area contributed by atoms with Crippen LogP contribution in [-0.4, -0.2) is 5.91 Å². The fraction of sp³-hybridized carbons (Fsp3) is 0.167. The second kappa shape index (κ2) is 7.69. The molecule has 4 heteroatoms. The van der Waals surface area contributed by atoms with Crippen LogP contribution in [-0.2, 0) is 6.42 Å². The topological polar surface area (TPSA) is 59.3 Å². The molecule has 1 N–H and O–H groups in total. The lowest BCUT2D eigenvalue weighted by atomic mass is 10.0. The SMILES string of the molecule is CCCCc1ccc(NC(=O)c2cc3c(ccc4ccccc43)oc2=O)cc1. The van der Waals surface area contributed by atoms with Crippen LogP contribution in [0.2, 0.25) is 0 Å². The van der Waals surface area contributed by atoms with Crippen molar-refractivity contribution in [2.45, 2.75) is 26.2 Å². The number of aryl methyl sites for hydroxylation is 1. The predicted molar refractivity (Wildman–Crippen MR) is 113 cm³/mol. The maximum absolute atomic E-state index is 12.7. The van der Waals surface area contributed by atoms with Crippen LogP contribution < -0.4 is 10.9 Å². The van der Waals surface area contributed by atoms with Gasteiger partial charge in [0.15, 0.2) is 0 Å². The van der Waals surface area contributed by atoms with Crippen LogP contribution in [0.3, 0.4) is 0 Å². The third-order valence-electron chi connectivity index (χ3n) is 4.92. The summed E-state index contributed by atoms with van der Waals surface area (Å²) in [5.74, 6) is -0.468. The number of fused-ring (bicyclic) bond motifs is 3. The molecule has 0 radical (unpaired) electrons. The molecule has 0 bridgehead atoms. The number of unbranched alkanes of at least 4 members (excludes halogenated alkanes) is 1. The summed E-state index contributed by atoms with van der Waals surface area (Å²) in [5.41, 5.74) is 1.72. The molecular formula is C24H21NO3. The summed E-state index contributed by atoms with van der Waals surface area (Å²) in [6.45, 7) is 2.16. The van der Waals surface area contributed by atoms with E-state index in [4.69, 9.17) is 4.42 Å². The quantitative estimate of drug-likeness (QED) is 0.370. The van der Waals surface area contributed by atoms with Gasteiger partial charge >= 0.3 is 5.63 Å². The van der Waals surface area contributed by atoms with E-state index in [1.165, 1.54) is 5.56 Å². The monoisotopic (exact) mass is 371 g/mol. The van der Waals surface area contributed by atoms with Crippen LogP contribution in [0.25, 0.3) is 21.7 Å². The number of hydrogen-bond donors (Lipinski definition) is 1. The standard InChI is InChI=1S/C24H21NO3/c1-2-3-6-16-9-12-18(13-10-16)25-23(26)21-15-20-19-8-5-4-7-17(19)11-14-22(20)28-24(21)27/h4-5,7-15H,2-3,6H2,1H3,(H,25,26). The molecule has 1 heterocycles. The molecule has 0 aliphatic rings. The molecule has 3 aromatic carbocycles. The Kier molecular flexibility index (Phi) is 4.94. The lowest BCUT2D eigenvalue weighted by Crippen LogP contribution is -2.20. The van der Waals surface area contributed by atoms with Gasteiger partial charge in [0.2, 0.25) is 0 Å². The van der Waals surface area contributed by atoms with E-state index in [1.807, 2.05) is 54.6 Å². The lowest BCUT2D eigenvalue weighted by Gasteiger charge is -2.08. The smallest absolute Gasteiger partial charge is 0.349 e. The van der Waals surface area contributed by atoms with Gasteiger partial charge in [0, 0.05) is 11.1 Å². The summed E-state index contributed by atoms with van der Waals surface area (Å²) < 4.78 is 5.41. The van der Waals surface area contributed by atoms with Crippen molar-refractivity contribution in [3.05, 3.63) is 88.3 Å². The minimum atomic E-state index is -0.639. The Morgan fingerprint density at radius 1 is 0.964 bits per heavy atom. The van der Waals surface area contributed by atoms with Gasteiger partial charge in [0.05, 0.1) is 0 Å². The van der Waals surface area contributed by atoms with Crippen molar-refractivity contribution in [1.29, 1.82) is 0 Å². The van der Waals surface area contributed by atoms with Gasteiger partial charge in [-0.1, -0.05) is 55.8 Å². The lowest BCUT2D eigenvalue weighted by molar-refractivity contribution is 0.102. The van der Waals surface area contributed by atoms with Gasteiger partial charge in [-0.25, -0.2) is 4.79 Å². The normalized spacial score (nSPS) is 11.0. The molecule has 4 rings (SSSR count). The first-order valence-electron chi connectivity index (χ1n) is 9.51. The van der Waals surface area contributed by atoms with Crippen molar-refractivity contribution in [3.63, 3.8) is 0 Å². The average molecular weight is 371 g/mol. The van der Waals surface area contributed by atoms with E-state index in [0.29, 0.717) is 11.3 Å². The first-order chi connectivity index (χ1) is 13.7. The van der Waals surface area contributed by atoms with E-state index in [2.05, 4.69) is 12.2 Å². The molecule has 4 aromatic rings. The fourth-order valence-corrected chi connectivity index (χ4v) is 3.36. The zero-order valence-electron chi connectivity index (χ0n) is 15.7. The van der Waals surface area contributed by atoms with Crippen LogP contribution in [0, 0.1) is 0 Å². The van der Waals surface area contributed by atoms with Gasteiger partial charge in [-0.2, -0.15) is 0 Å². The van der Waals surface area contributed by atoms with Gasteiger partial charge in [0.1, 0.15) is 11.1 Å². The summed E-state index contributed by atoms with van der Waals surface area (Å²) in [6, 6.07) is 20.8. The Morgan fingerprint density at radius 3 is 2.54 bits per heavy atom. The molecule has 28 heavy (non-hydrogen) atoms. The molecule has 1 aromatic heterocycles. The Bertz CT molecular complexity index is 1210. The number of anilines is 1. The molecule has 0 fully saturated rings. The molecular weight excluding hydrogens is 350 g/mol. The van der Waals surface area contributed by atoms with E-state index in [0.717, 1.165) is 35.4 Å². The molecule has 0 aliphatic heterocycles. The predicted octanol–water partition coefficient (Wildman–Crippen LogP) is 5.54. The van der Waals surface area contributed by atoms with Crippen molar-refractivity contribution in [3.8, 4) is 0 Å². The second-order valence-corrected chi connectivity index (χ2v) is 6.90. The molecule has 0 spiro atoms. The first-order valence-corrected chi connectivity index (χ1v) is 9.51. The van der Waals surface area contributed by atoms with Crippen LogP contribution >= 0.6 is 0 Å². The molecule has 0 saturated carbocycles. The number of benzene rings is 3. The van der Waals surface area contributed by atoms with Crippen LogP contribution in [0.4, 0.5) is 5.69 Å². The maximum Gasteiger partial charge on any atom is 0.349 e. The average Bonchev–Trinajstić information content (AvgIpc) is 2.72. The second-order valence-electron chi connectivity index (χ2n) is 6.90. The van der Waals surface area contributed by atoms with Crippen molar-refractivity contribution in [1.82, 2.24) is 0 Å². The summed E-state index contributed by atoms with van der Waals surface area (Å²) in [6.07, 6.45) is 3.30. The maximum atomic E-state index is 12.7. The summed E-state index contributed by atoms with van der Waals surface area (Å²) in [4.78, 5) is 25.0. The number of carbonyl (C=O) groups is 1. The molecule has 0 atom stereocenters. The Balaban J connectivity index is 1.66. The molecule has 0 saturated heterocycles. The summed E-state index contributed by atoms with van der Waals surface area (Å²) >= 11 is 0. The minimum absolute atomic E-state index is 0.00101. The molecule has 4 nitrogen and oxygen atoms in total. The molecule has 1 amide bonds. The minimum Gasteiger partial charge on any atom is -0.422 e. The van der Waals surface area contributed by atoms with E-state index >= 15 is 0 Å². The first kappa shape index (κ1) is 18.0. The van der Waals surface area contributed by atoms with Gasteiger partial charge < -0.3 is 9.73 Å². The highest BCUT2D eigenvalue weighted by molar-refractivity contribution is 6.10. The zero-order chi connectivity index (χ0) is 19.5. The van der Waals surface area contributed by atoms with Crippen molar-refractivity contribution >= 4 is 33.3 Å². The Labute approximate surface area is 162 Å². The largest absolute Gasteiger partial charge is 0.422 e. The van der Waals surface area contributed by atoms with Crippen LogP contribution in [0.15, 0.2) is 75.9 Å². The Morgan fingerprint density at radius 2 is 1.75 bits per heavy atom. The zero-order valence-corrected chi connectivity index (χ0v) is 15.7. The number of carbonyl (C=O) groups excluding carboxylic acids is 1. The summed E-state index contributed by atoms with van der Waals surface area (Å²) in [5, 5.41) is 5.51. The molecule has 0 aliphatic carbocycles. The number of amides is 1. The highest BCUT2D eigenvalue weighted by atomic mass is 16.4. The van der Waals surface area contributed by atoms with E-state index < -0.39 is 11.5 Å². The Hall–Kier alpha value is -3.40. The van der Waals surface area contributed by atoms with Crippen LogP contribution in [0.5, 0.6) is 0 Å². The van der Waals surface area contributed by atoms with Gasteiger partial charge in [-0.3, -0.25) is 4.79 Å². The highest BCUT2D eigenvalue weighted by Crippen LogP contribution is 2.25. The van der Waals surface area contributed by atoms with E-state index in [-0.39, 0.29) is 5.56 Å². The third kappa shape index (κ3) is 3.54. The van der Waals surface area contributed by atoms with E-state index in [9.17, 15) is 9.59 Å². The molecule has 140 valence electrons. The van der Waals surface area contributed by atoms with Crippen LogP contribution in [0.1, 0.15) is 35.7 Å². The summed E-state index contributed by atoms with van der Waals surface area (Å²) in [7, 11) is 0.